The number of rotatable bonds is 7. The van der Waals surface area contributed by atoms with E-state index in [0.29, 0.717) is 23.4 Å². The number of aliphatic imine (C=N–C) groups is 1. The van der Waals surface area contributed by atoms with Crippen molar-refractivity contribution >= 4 is 74.3 Å². The number of benzene rings is 1. The van der Waals surface area contributed by atoms with Crippen molar-refractivity contribution in [3.8, 4) is 0 Å². The fraction of sp³-hybridized carbons (Fsp3) is 0.316. The van der Waals surface area contributed by atoms with Crippen LogP contribution in [0.3, 0.4) is 0 Å². The molecule has 0 bridgehead atoms. The standard InChI is InChI=1S/C19H22ClN3O2S2.HI/c1-2-21-19(22-10-13(24)16-7-8-18(20)27-16)23-11-14(25)17-9-12-5-3-4-6-15(12)26-17;/h3-9,13-14,24-25H,2,10-11H2,1H3,(H2,21,22,23);1H. The van der Waals surface area contributed by atoms with E-state index < -0.39 is 12.2 Å². The van der Waals surface area contributed by atoms with Gasteiger partial charge in [-0.25, -0.2) is 0 Å². The van der Waals surface area contributed by atoms with Gasteiger partial charge < -0.3 is 20.8 Å². The predicted molar refractivity (Wildman–Crippen MR) is 130 cm³/mol. The lowest BCUT2D eigenvalue weighted by Gasteiger charge is -2.15. The predicted octanol–water partition coefficient (Wildman–Crippen LogP) is 4.56. The van der Waals surface area contributed by atoms with E-state index >= 15 is 0 Å². The molecule has 0 radical (unpaired) electrons. The summed E-state index contributed by atoms with van der Waals surface area (Å²) in [4.78, 5) is 6.10. The molecule has 3 rings (SSSR count). The number of thiophene rings is 2. The van der Waals surface area contributed by atoms with Gasteiger partial charge in [0.25, 0.3) is 0 Å². The average Bonchev–Trinajstić information content (AvgIpc) is 3.29. The molecule has 0 spiro atoms. The molecule has 0 saturated heterocycles. The monoisotopic (exact) mass is 551 g/mol. The smallest absolute Gasteiger partial charge is 0.191 e. The Bertz CT molecular complexity index is 882. The van der Waals surface area contributed by atoms with E-state index in [4.69, 9.17) is 11.6 Å². The Morgan fingerprint density at radius 3 is 2.54 bits per heavy atom. The first-order valence-corrected chi connectivity index (χ1v) is 10.7. The second kappa shape index (κ2) is 11.3. The highest BCUT2D eigenvalue weighted by molar-refractivity contribution is 14.0. The molecule has 2 unspecified atom stereocenters. The molecule has 2 heterocycles. The third-order valence-electron chi connectivity index (χ3n) is 3.92. The van der Waals surface area contributed by atoms with E-state index in [0.717, 1.165) is 19.8 Å². The number of aliphatic hydroxyl groups excluding tert-OH is 2. The third-order valence-corrected chi connectivity index (χ3v) is 6.47. The summed E-state index contributed by atoms with van der Waals surface area (Å²) in [6, 6.07) is 13.7. The summed E-state index contributed by atoms with van der Waals surface area (Å²) in [5.41, 5.74) is 0. The maximum absolute atomic E-state index is 10.5. The molecule has 152 valence electrons. The summed E-state index contributed by atoms with van der Waals surface area (Å²) in [5.74, 6) is 0.555. The minimum atomic E-state index is -0.703. The van der Waals surface area contributed by atoms with Crippen molar-refractivity contribution in [2.24, 2.45) is 4.99 Å². The van der Waals surface area contributed by atoms with Crippen molar-refractivity contribution < 1.29 is 10.2 Å². The maximum atomic E-state index is 10.5. The van der Waals surface area contributed by atoms with Gasteiger partial charge in [0.15, 0.2) is 5.96 Å². The Balaban J connectivity index is 0.00000280. The number of nitrogens with zero attached hydrogens (tertiary/aromatic N) is 1. The number of halogens is 2. The fourth-order valence-corrected chi connectivity index (χ4v) is 4.67. The second-order valence-corrected chi connectivity index (χ2v) is 8.82. The van der Waals surface area contributed by atoms with E-state index in [1.54, 1.807) is 23.5 Å². The molecule has 28 heavy (non-hydrogen) atoms. The molecule has 4 N–H and O–H groups in total. The van der Waals surface area contributed by atoms with Crippen molar-refractivity contribution in [3.63, 3.8) is 0 Å². The van der Waals surface area contributed by atoms with Crippen LogP contribution in [0.1, 0.15) is 28.9 Å². The fourth-order valence-electron chi connectivity index (χ4n) is 2.58. The zero-order valence-electron chi connectivity index (χ0n) is 15.3. The molecule has 3 aromatic rings. The summed E-state index contributed by atoms with van der Waals surface area (Å²) in [6.07, 6.45) is -1.34. The lowest BCUT2D eigenvalue weighted by molar-refractivity contribution is 0.184. The second-order valence-electron chi connectivity index (χ2n) is 5.96. The van der Waals surface area contributed by atoms with E-state index in [9.17, 15) is 10.2 Å². The van der Waals surface area contributed by atoms with Crippen LogP contribution in [0.2, 0.25) is 4.34 Å². The molecule has 5 nitrogen and oxygen atoms in total. The van der Waals surface area contributed by atoms with E-state index in [1.165, 1.54) is 11.3 Å². The molecule has 0 aliphatic rings. The summed E-state index contributed by atoms with van der Waals surface area (Å²) in [6.45, 7) is 3.20. The van der Waals surface area contributed by atoms with Crippen LogP contribution >= 0.6 is 58.3 Å². The zero-order chi connectivity index (χ0) is 19.2. The number of nitrogens with one attached hydrogen (secondary N) is 2. The van der Waals surface area contributed by atoms with Gasteiger partial charge in [0.05, 0.1) is 10.9 Å². The number of guanidine groups is 1. The number of hydrogen-bond donors (Lipinski definition) is 4. The van der Waals surface area contributed by atoms with Gasteiger partial charge in [0, 0.05) is 27.5 Å². The minimum absolute atomic E-state index is 0. The Morgan fingerprint density at radius 2 is 1.86 bits per heavy atom. The van der Waals surface area contributed by atoms with Gasteiger partial charge in [-0.15, -0.1) is 46.7 Å². The van der Waals surface area contributed by atoms with Gasteiger partial charge in [-0.2, -0.15) is 0 Å². The van der Waals surface area contributed by atoms with Gasteiger partial charge in [-0.3, -0.25) is 4.99 Å². The van der Waals surface area contributed by atoms with Crippen LogP contribution < -0.4 is 10.6 Å². The lowest BCUT2D eigenvalue weighted by atomic mass is 10.2. The van der Waals surface area contributed by atoms with Crippen LogP contribution in [0, 0.1) is 0 Å². The van der Waals surface area contributed by atoms with Crippen LogP contribution in [0.15, 0.2) is 47.5 Å². The Hall–Kier alpha value is -0.910. The van der Waals surface area contributed by atoms with Crippen molar-refractivity contribution in [1.29, 1.82) is 0 Å². The summed E-state index contributed by atoms with van der Waals surface area (Å²) in [5, 5.41) is 28.1. The first kappa shape index (κ1) is 23.4. The van der Waals surface area contributed by atoms with Gasteiger partial charge >= 0.3 is 0 Å². The van der Waals surface area contributed by atoms with E-state index in [2.05, 4.69) is 15.6 Å². The van der Waals surface area contributed by atoms with Crippen molar-refractivity contribution in [1.82, 2.24) is 10.6 Å². The van der Waals surface area contributed by atoms with Crippen molar-refractivity contribution in [2.75, 3.05) is 19.6 Å². The van der Waals surface area contributed by atoms with E-state index in [-0.39, 0.29) is 30.5 Å². The Labute approximate surface area is 194 Å². The van der Waals surface area contributed by atoms with Crippen molar-refractivity contribution in [3.05, 3.63) is 56.6 Å². The quantitative estimate of drug-likeness (QED) is 0.197. The summed E-state index contributed by atoms with van der Waals surface area (Å²) < 4.78 is 1.80. The largest absolute Gasteiger partial charge is 0.386 e. The summed E-state index contributed by atoms with van der Waals surface area (Å²) >= 11 is 8.84. The number of hydrogen-bond acceptors (Lipinski definition) is 5. The van der Waals surface area contributed by atoms with Crippen LogP contribution in [-0.2, 0) is 0 Å². The average molecular weight is 552 g/mol. The highest BCUT2D eigenvalue weighted by Crippen LogP contribution is 2.29. The van der Waals surface area contributed by atoms with Crippen LogP contribution in [-0.4, -0.2) is 35.8 Å². The highest BCUT2D eigenvalue weighted by Gasteiger charge is 2.13. The van der Waals surface area contributed by atoms with Gasteiger partial charge in [-0.05, 0) is 36.6 Å². The molecule has 0 aliphatic carbocycles. The number of aliphatic hydroxyl groups is 2. The summed E-state index contributed by atoms with van der Waals surface area (Å²) in [7, 11) is 0. The Morgan fingerprint density at radius 1 is 1.07 bits per heavy atom. The van der Waals surface area contributed by atoms with Gasteiger partial charge in [0.1, 0.15) is 12.2 Å². The molecule has 0 saturated carbocycles. The van der Waals surface area contributed by atoms with Gasteiger partial charge in [-0.1, -0.05) is 29.8 Å². The molecule has 9 heteroatoms. The maximum Gasteiger partial charge on any atom is 0.191 e. The molecule has 0 aliphatic heterocycles. The molecular weight excluding hydrogens is 529 g/mol. The SMILES string of the molecule is CCNC(=NCC(O)c1ccc(Cl)s1)NCC(O)c1cc2ccccc2s1.I. The topological polar surface area (TPSA) is 76.9 Å². The van der Waals surface area contributed by atoms with Crippen molar-refractivity contribution in [2.45, 2.75) is 19.1 Å². The first-order valence-electron chi connectivity index (χ1n) is 8.69. The molecule has 2 aromatic heterocycles. The Kier molecular flexibility index (Phi) is 9.45. The normalized spacial score (nSPS) is 13.8. The molecule has 1 aromatic carbocycles. The zero-order valence-corrected chi connectivity index (χ0v) is 20.0. The highest BCUT2D eigenvalue weighted by atomic mass is 127. The lowest BCUT2D eigenvalue weighted by Crippen LogP contribution is -2.39. The molecule has 2 atom stereocenters. The molecular formula is C19H23ClIN3O2S2. The number of fused-ring (bicyclic) bond motifs is 1. The minimum Gasteiger partial charge on any atom is -0.386 e. The van der Waals surface area contributed by atoms with Gasteiger partial charge in [0.2, 0.25) is 0 Å². The third kappa shape index (κ3) is 6.30. The van der Waals surface area contributed by atoms with Crippen LogP contribution in [0.5, 0.6) is 0 Å². The first-order chi connectivity index (χ1) is 13.1. The van der Waals surface area contributed by atoms with E-state index in [1.807, 2.05) is 37.3 Å². The van der Waals surface area contributed by atoms with Crippen LogP contribution in [0.4, 0.5) is 0 Å². The molecule has 0 fully saturated rings. The van der Waals surface area contributed by atoms with Crippen LogP contribution in [0.25, 0.3) is 10.1 Å². The molecule has 0 amide bonds.